The van der Waals surface area contributed by atoms with Gasteiger partial charge < -0.3 is 10.6 Å². The molecule has 16 heavy (non-hydrogen) atoms. The van der Waals surface area contributed by atoms with Gasteiger partial charge in [0.2, 0.25) is 5.91 Å². The van der Waals surface area contributed by atoms with Gasteiger partial charge >= 0.3 is 5.51 Å². The molecule has 1 aliphatic heterocycles. The van der Waals surface area contributed by atoms with Gasteiger partial charge in [0.25, 0.3) is 0 Å². The number of thioether (sulfide) groups is 1. The molecular formula is C9H15F3N2OS. The fourth-order valence-electron chi connectivity index (χ4n) is 1.56. The first-order valence-corrected chi connectivity index (χ1v) is 6.17. The first kappa shape index (κ1) is 13.6. The van der Waals surface area contributed by atoms with Crippen LogP contribution < -0.4 is 10.6 Å². The highest BCUT2D eigenvalue weighted by Crippen LogP contribution is 2.29. The maximum Gasteiger partial charge on any atom is 0.441 e. The summed E-state index contributed by atoms with van der Waals surface area (Å²) in [7, 11) is 0. The zero-order valence-corrected chi connectivity index (χ0v) is 9.59. The third-order valence-electron chi connectivity index (χ3n) is 2.33. The topological polar surface area (TPSA) is 41.1 Å². The minimum Gasteiger partial charge on any atom is -0.355 e. The van der Waals surface area contributed by atoms with Crippen molar-refractivity contribution in [3.8, 4) is 0 Å². The highest BCUT2D eigenvalue weighted by molar-refractivity contribution is 8.00. The molecule has 0 saturated carbocycles. The minimum absolute atomic E-state index is 0.0690. The number of carbonyl (C=O) groups excluding carboxylic acids is 1. The molecule has 0 aromatic rings. The maximum absolute atomic E-state index is 11.8. The van der Waals surface area contributed by atoms with Gasteiger partial charge in [-0.25, -0.2) is 0 Å². The lowest BCUT2D eigenvalue weighted by Crippen LogP contribution is -2.41. The molecule has 1 amide bonds. The standard InChI is InChI=1S/C9H15F3N2OS/c10-9(11,12)16-5-4-14-8(15)7-2-1-3-13-6-7/h7,13H,1-6H2,(H,14,15)/t7-/m0/s1. The Morgan fingerprint density at radius 1 is 1.50 bits per heavy atom. The Bertz CT molecular complexity index is 229. The van der Waals surface area contributed by atoms with Crippen molar-refractivity contribution in [1.82, 2.24) is 10.6 Å². The van der Waals surface area contributed by atoms with E-state index >= 15 is 0 Å². The third kappa shape index (κ3) is 5.60. The predicted molar refractivity (Wildman–Crippen MR) is 57.1 cm³/mol. The van der Waals surface area contributed by atoms with E-state index in [2.05, 4.69) is 10.6 Å². The second-order valence-electron chi connectivity index (χ2n) is 3.63. The normalized spacial score (nSPS) is 21.8. The number of piperidine rings is 1. The molecule has 0 aromatic heterocycles. The van der Waals surface area contributed by atoms with Crippen molar-refractivity contribution in [2.24, 2.45) is 5.92 Å². The van der Waals surface area contributed by atoms with Crippen LogP contribution in [0, 0.1) is 5.92 Å². The second kappa shape index (κ2) is 6.34. The van der Waals surface area contributed by atoms with Gasteiger partial charge in [0.1, 0.15) is 0 Å². The van der Waals surface area contributed by atoms with E-state index in [4.69, 9.17) is 0 Å². The van der Waals surface area contributed by atoms with Gasteiger partial charge in [0, 0.05) is 18.8 Å². The van der Waals surface area contributed by atoms with Crippen LogP contribution in [0.2, 0.25) is 0 Å². The van der Waals surface area contributed by atoms with Gasteiger partial charge in [-0.3, -0.25) is 4.79 Å². The van der Waals surface area contributed by atoms with Crippen molar-refractivity contribution < 1.29 is 18.0 Å². The molecular weight excluding hydrogens is 241 g/mol. The van der Waals surface area contributed by atoms with Crippen LogP contribution in [0.1, 0.15) is 12.8 Å². The Morgan fingerprint density at radius 3 is 2.81 bits per heavy atom. The van der Waals surface area contributed by atoms with Crippen LogP contribution in [-0.4, -0.2) is 36.8 Å². The van der Waals surface area contributed by atoms with Gasteiger partial charge in [0.15, 0.2) is 0 Å². The Kier molecular flexibility index (Phi) is 5.40. The van der Waals surface area contributed by atoms with E-state index < -0.39 is 5.51 Å². The van der Waals surface area contributed by atoms with E-state index in [1.54, 1.807) is 0 Å². The lowest BCUT2D eigenvalue weighted by atomic mass is 9.99. The number of amides is 1. The Hall–Kier alpha value is -0.430. The molecule has 0 aliphatic carbocycles. The number of alkyl halides is 3. The molecule has 0 unspecified atom stereocenters. The molecule has 0 aromatic carbocycles. The second-order valence-corrected chi connectivity index (χ2v) is 4.79. The van der Waals surface area contributed by atoms with Crippen LogP contribution in [0.15, 0.2) is 0 Å². The van der Waals surface area contributed by atoms with E-state index in [9.17, 15) is 18.0 Å². The van der Waals surface area contributed by atoms with E-state index in [0.29, 0.717) is 6.54 Å². The summed E-state index contributed by atoms with van der Waals surface area (Å²) in [4.78, 5) is 11.5. The lowest BCUT2D eigenvalue weighted by molar-refractivity contribution is -0.125. The molecule has 94 valence electrons. The van der Waals surface area contributed by atoms with E-state index in [1.165, 1.54) is 0 Å². The van der Waals surface area contributed by atoms with Crippen molar-refractivity contribution in [1.29, 1.82) is 0 Å². The van der Waals surface area contributed by atoms with Crippen LogP contribution in [-0.2, 0) is 4.79 Å². The number of hydrogen-bond acceptors (Lipinski definition) is 3. The third-order valence-corrected chi connectivity index (χ3v) is 3.07. The van der Waals surface area contributed by atoms with E-state index in [1.807, 2.05) is 0 Å². The maximum atomic E-state index is 11.8. The van der Waals surface area contributed by atoms with Gasteiger partial charge in [-0.1, -0.05) is 0 Å². The smallest absolute Gasteiger partial charge is 0.355 e. The summed E-state index contributed by atoms with van der Waals surface area (Å²) in [6.07, 6.45) is 1.75. The lowest BCUT2D eigenvalue weighted by Gasteiger charge is -2.21. The van der Waals surface area contributed by atoms with Gasteiger partial charge in [0.05, 0.1) is 5.92 Å². The predicted octanol–water partition coefficient (Wildman–Crippen LogP) is 1.36. The summed E-state index contributed by atoms with van der Waals surface area (Å²) in [6, 6.07) is 0. The molecule has 0 bridgehead atoms. The summed E-state index contributed by atoms with van der Waals surface area (Å²) >= 11 is -0.108. The highest BCUT2D eigenvalue weighted by Gasteiger charge is 2.27. The van der Waals surface area contributed by atoms with Crippen LogP contribution in [0.5, 0.6) is 0 Å². The van der Waals surface area contributed by atoms with Crippen molar-refractivity contribution in [3.05, 3.63) is 0 Å². The quantitative estimate of drug-likeness (QED) is 0.746. The zero-order chi connectivity index (χ0) is 12.0. The van der Waals surface area contributed by atoms with E-state index in [0.717, 1.165) is 19.4 Å². The van der Waals surface area contributed by atoms with Gasteiger partial charge in [-0.2, -0.15) is 13.2 Å². The van der Waals surface area contributed by atoms with Crippen molar-refractivity contribution in [3.63, 3.8) is 0 Å². The molecule has 1 heterocycles. The SMILES string of the molecule is O=C(NCCSC(F)(F)F)[C@H]1CCCNC1. The largest absolute Gasteiger partial charge is 0.441 e. The Morgan fingerprint density at radius 2 is 2.25 bits per heavy atom. The average molecular weight is 256 g/mol. The zero-order valence-electron chi connectivity index (χ0n) is 8.77. The Labute approximate surface area is 96.5 Å². The summed E-state index contributed by atoms with van der Waals surface area (Å²) < 4.78 is 35.3. The monoisotopic (exact) mass is 256 g/mol. The molecule has 0 radical (unpaired) electrons. The number of nitrogens with one attached hydrogen (secondary N) is 2. The molecule has 7 heteroatoms. The fraction of sp³-hybridized carbons (Fsp3) is 0.889. The molecule has 1 fully saturated rings. The molecule has 1 rings (SSSR count). The number of halogens is 3. The number of hydrogen-bond donors (Lipinski definition) is 2. The Balaban J connectivity index is 2.10. The molecule has 1 saturated heterocycles. The van der Waals surface area contributed by atoms with Gasteiger partial charge in [-0.15, -0.1) is 0 Å². The molecule has 3 nitrogen and oxygen atoms in total. The number of rotatable bonds is 4. The van der Waals surface area contributed by atoms with Crippen LogP contribution >= 0.6 is 11.8 Å². The van der Waals surface area contributed by atoms with Crippen LogP contribution in [0.4, 0.5) is 13.2 Å². The average Bonchev–Trinajstić information content (AvgIpc) is 2.24. The van der Waals surface area contributed by atoms with Crippen molar-refractivity contribution >= 4 is 17.7 Å². The summed E-state index contributed by atoms with van der Waals surface area (Å²) in [5.74, 6) is -0.366. The van der Waals surface area contributed by atoms with Gasteiger partial charge in [-0.05, 0) is 31.1 Å². The molecule has 1 aliphatic rings. The van der Waals surface area contributed by atoms with Crippen LogP contribution in [0.25, 0.3) is 0 Å². The summed E-state index contributed by atoms with van der Waals surface area (Å²) in [5, 5.41) is 5.61. The fourth-order valence-corrected chi connectivity index (χ4v) is 2.00. The summed E-state index contributed by atoms with van der Waals surface area (Å²) in [6.45, 7) is 1.60. The van der Waals surface area contributed by atoms with Crippen molar-refractivity contribution in [2.75, 3.05) is 25.4 Å². The molecule has 2 N–H and O–H groups in total. The molecule has 0 spiro atoms. The highest BCUT2D eigenvalue weighted by atomic mass is 32.2. The first-order valence-electron chi connectivity index (χ1n) is 5.18. The number of carbonyl (C=O) groups is 1. The first-order chi connectivity index (χ1) is 7.49. The minimum atomic E-state index is -4.21. The van der Waals surface area contributed by atoms with Crippen LogP contribution in [0.3, 0.4) is 0 Å². The van der Waals surface area contributed by atoms with Crippen molar-refractivity contribution in [2.45, 2.75) is 18.3 Å². The summed E-state index contributed by atoms with van der Waals surface area (Å²) in [5.41, 5.74) is -4.21. The molecule has 1 atom stereocenters. The van der Waals surface area contributed by atoms with E-state index in [-0.39, 0.29) is 35.9 Å².